The number of nitrogens with zero attached hydrogens (tertiary/aromatic N) is 4. The molecule has 0 spiro atoms. The van der Waals surface area contributed by atoms with Crippen LogP contribution in [-0.2, 0) is 6.54 Å². The van der Waals surface area contributed by atoms with Crippen molar-refractivity contribution in [3.8, 4) is 0 Å². The Balaban J connectivity index is 1.39. The summed E-state index contributed by atoms with van der Waals surface area (Å²) in [5.74, 6) is 1.11. The highest BCUT2D eigenvalue weighted by molar-refractivity contribution is 5.57. The lowest BCUT2D eigenvalue weighted by Crippen LogP contribution is -2.29. The third-order valence-corrected chi connectivity index (χ3v) is 6.50. The van der Waals surface area contributed by atoms with Gasteiger partial charge >= 0.3 is 5.69 Å². The van der Waals surface area contributed by atoms with E-state index in [0.717, 1.165) is 44.3 Å². The Morgan fingerprint density at radius 1 is 1.12 bits per heavy atom. The van der Waals surface area contributed by atoms with Crippen LogP contribution < -0.4 is 21.3 Å². The highest BCUT2D eigenvalue weighted by Crippen LogP contribution is 2.27. The Morgan fingerprint density at radius 2 is 1.91 bits per heavy atom. The lowest BCUT2D eigenvalue weighted by Gasteiger charge is -2.29. The Labute approximate surface area is 189 Å². The number of hydrogen-bond donors (Lipinski definition) is 3. The molecule has 0 radical (unpaired) electrons. The van der Waals surface area contributed by atoms with E-state index in [0.29, 0.717) is 25.0 Å². The van der Waals surface area contributed by atoms with Crippen LogP contribution in [0.3, 0.4) is 0 Å². The molecule has 2 fully saturated rings. The van der Waals surface area contributed by atoms with E-state index in [1.807, 2.05) is 0 Å². The highest BCUT2D eigenvalue weighted by atomic mass is 16.6. The first-order valence-electron chi connectivity index (χ1n) is 11.7. The van der Waals surface area contributed by atoms with Gasteiger partial charge in [0.1, 0.15) is 6.20 Å². The number of piperidine rings is 1. The van der Waals surface area contributed by atoms with Gasteiger partial charge in [0.2, 0.25) is 11.8 Å². The lowest BCUT2D eigenvalue weighted by atomic mass is 9.86. The SMILES string of the molecule is N[C@H]1CC[C@H](CNc2nc(NCc3cccc(N4CCCCC4)c3)ncc2[N+](=O)[O-])CC1. The van der Waals surface area contributed by atoms with E-state index in [1.54, 1.807) is 0 Å². The molecule has 0 amide bonds. The van der Waals surface area contributed by atoms with E-state index in [4.69, 9.17) is 5.73 Å². The Kier molecular flexibility index (Phi) is 7.36. The summed E-state index contributed by atoms with van der Waals surface area (Å²) < 4.78 is 0. The van der Waals surface area contributed by atoms with Crippen molar-refractivity contribution in [3.63, 3.8) is 0 Å². The highest BCUT2D eigenvalue weighted by Gasteiger charge is 2.22. The molecule has 1 aliphatic heterocycles. The molecule has 9 heteroatoms. The van der Waals surface area contributed by atoms with E-state index in [9.17, 15) is 10.1 Å². The van der Waals surface area contributed by atoms with Gasteiger partial charge in [0.05, 0.1) is 4.92 Å². The van der Waals surface area contributed by atoms with Crippen LogP contribution in [0.1, 0.15) is 50.5 Å². The molecular weight excluding hydrogens is 406 g/mol. The first-order valence-corrected chi connectivity index (χ1v) is 11.7. The first kappa shape index (κ1) is 22.3. The van der Waals surface area contributed by atoms with E-state index in [-0.39, 0.29) is 17.5 Å². The van der Waals surface area contributed by atoms with Crippen molar-refractivity contribution in [2.75, 3.05) is 35.2 Å². The molecule has 4 rings (SSSR count). The summed E-state index contributed by atoms with van der Waals surface area (Å²) in [6.45, 7) is 3.41. The van der Waals surface area contributed by atoms with Crippen molar-refractivity contribution in [1.82, 2.24) is 9.97 Å². The van der Waals surface area contributed by atoms with E-state index >= 15 is 0 Å². The van der Waals surface area contributed by atoms with Gasteiger partial charge in [-0.3, -0.25) is 10.1 Å². The van der Waals surface area contributed by atoms with Crippen LogP contribution in [0.25, 0.3) is 0 Å². The van der Waals surface area contributed by atoms with Crippen molar-refractivity contribution < 1.29 is 4.92 Å². The topological polar surface area (TPSA) is 122 Å². The second kappa shape index (κ2) is 10.6. The fraction of sp³-hybridized carbons (Fsp3) is 0.565. The summed E-state index contributed by atoms with van der Waals surface area (Å²) in [4.78, 5) is 22.0. The van der Waals surface area contributed by atoms with Crippen molar-refractivity contribution in [2.24, 2.45) is 11.7 Å². The van der Waals surface area contributed by atoms with Crippen LogP contribution in [0, 0.1) is 16.0 Å². The number of nitrogens with one attached hydrogen (secondary N) is 2. The number of aromatic nitrogens is 2. The van der Waals surface area contributed by atoms with Gasteiger partial charge in [-0.15, -0.1) is 0 Å². The third-order valence-electron chi connectivity index (χ3n) is 6.50. The molecule has 9 nitrogen and oxygen atoms in total. The molecule has 1 aromatic carbocycles. The van der Waals surface area contributed by atoms with Gasteiger partial charge in [-0.2, -0.15) is 4.98 Å². The maximum absolute atomic E-state index is 11.4. The lowest BCUT2D eigenvalue weighted by molar-refractivity contribution is -0.384. The van der Waals surface area contributed by atoms with Gasteiger partial charge < -0.3 is 21.3 Å². The van der Waals surface area contributed by atoms with Crippen molar-refractivity contribution in [3.05, 3.63) is 46.1 Å². The molecule has 2 heterocycles. The average molecular weight is 440 g/mol. The molecule has 4 N–H and O–H groups in total. The number of nitro groups is 1. The predicted octanol–water partition coefficient (Wildman–Crippen LogP) is 3.92. The molecule has 1 aromatic heterocycles. The van der Waals surface area contributed by atoms with Gasteiger partial charge in [0, 0.05) is 37.9 Å². The van der Waals surface area contributed by atoms with Gasteiger partial charge in [-0.05, 0) is 68.6 Å². The number of anilines is 3. The van der Waals surface area contributed by atoms with E-state index in [2.05, 4.69) is 49.8 Å². The van der Waals surface area contributed by atoms with Crippen LogP contribution in [0.15, 0.2) is 30.5 Å². The van der Waals surface area contributed by atoms with Crippen molar-refractivity contribution in [2.45, 2.75) is 57.5 Å². The molecule has 1 saturated carbocycles. The van der Waals surface area contributed by atoms with Crippen LogP contribution in [0.5, 0.6) is 0 Å². The largest absolute Gasteiger partial charge is 0.372 e. The third kappa shape index (κ3) is 5.85. The molecule has 0 unspecified atom stereocenters. The van der Waals surface area contributed by atoms with Gasteiger partial charge in [0.15, 0.2) is 0 Å². The molecular formula is C23H33N7O2. The van der Waals surface area contributed by atoms with Crippen LogP contribution in [0.4, 0.5) is 23.1 Å². The monoisotopic (exact) mass is 439 g/mol. The maximum Gasteiger partial charge on any atom is 0.329 e. The van der Waals surface area contributed by atoms with Crippen LogP contribution in [-0.4, -0.2) is 40.6 Å². The fourth-order valence-corrected chi connectivity index (χ4v) is 4.55. The molecule has 1 saturated heterocycles. The summed E-state index contributed by atoms with van der Waals surface area (Å²) in [7, 11) is 0. The zero-order valence-corrected chi connectivity index (χ0v) is 18.5. The molecule has 1 aliphatic carbocycles. The van der Waals surface area contributed by atoms with E-state index in [1.165, 1.54) is 31.1 Å². The molecule has 32 heavy (non-hydrogen) atoms. The number of rotatable bonds is 8. The standard InChI is InChI=1S/C23H33N7O2/c24-19-9-7-17(8-10-19)14-25-22-21(30(31)32)16-27-23(28-22)26-15-18-5-4-6-20(13-18)29-11-2-1-3-12-29/h4-6,13,16-17,19H,1-3,7-12,14-15,24H2,(H2,25,26,27,28)/t17-,19-. The zero-order valence-electron chi connectivity index (χ0n) is 18.5. The number of benzene rings is 1. The minimum absolute atomic E-state index is 0.102. The van der Waals surface area contributed by atoms with Crippen LogP contribution in [0.2, 0.25) is 0 Å². The first-order chi connectivity index (χ1) is 15.6. The van der Waals surface area contributed by atoms with Gasteiger partial charge in [0.25, 0.3) is 0 Å². The summed E-state index contributed by atoms with van der Waals surface area (Å²) in [5, 5.41) is 17.8. The van der Waals surface area contributed by atoms with Gasteiger partial charge in [-0.25, -0.2) is 4.98 Å². The van der Waals surface area contributed by atoms with Crippen molar-refractivity contribution >= 4 is 23.1 Å². The average Bonchev–Trinajstić information content (AvgIpc) is 2.83. The fourth-order valence-electron chi connectivity index (χ4n) is 4.55. The normalized spacial score (nSPS) is 21.2. The summed E-state index contributed by atoms with van der Waals surface area (Å²) in [6, 6.07) is 8.76. The summed E-state index contributed by atoms with van der Waals surface area (Å²) in [5.41, 5.74) is 8.24. The quantitative estimate of drug-likeness (QED) is 0.418. The molecule has 2 aliphatic rings. The number of nitrogens with two attached hydrogens (primary N) is 1. The smallest absolute Gasteiger partial charge is 0.329 e. The summed E-state index contributed by atoms with van der Waals surface area (Å²) >= 11 is 0. The minimum atomic E-state index is -0.439. The predicted molar refractivity (Wildman–Crippen MR) is 127 cm³/mol. The Bertz CT molecular complexity index is 909. The molecule has 172 valence electrons. The maximum atomic E-state index is 11.4. The molecule has 0 atom stereocenters. The molecule has 0 bridgehead atoms. The minimum Gasteiger partial charge on any atom is -0.372 e. The second-order valence-electron chi connectivity index (χ2n) is 8.92. The Hall–Kier alpha value is -2.94. The van der Waals surface area contributed by atoms with Gasteiger partial charge in [-0.1, -0.05) is 12.1 Å². The van der Waals surface area contributed by atoms with Crippen molar-refractivity contribution in [1.29, 1.82) is 0 Å². The van der Waals surface area contributed by atoms with E-state index < -0.39 is 4.92 Å². The molecule has 2 aromatic rings. The zero-order chi connectivity index (χ0) is 22.3. The second-order valence-corrected chi connectivity index (χ2v) is 8.92. The summed E-state index contributed by atoms with van der Waals surface area (Å²) in [6.07, 6.45) is 9.13. The van der Waals surface area contributed by atoms with Crippen LogP contribution >= 0.6 is 0 Å². The Morgan fingerprint density at radius 3 is 2.66 bits per heavy atom. The number of hydrogen-bond acceptors (Lipinski definition) is 8.